The van der Waals surface area contributed by atoms with E-state index in [2.05, 4.69) is 5.32 Å². The van der Waals surface area contributed by atoms with Gasteiger partial charge in [0.25, 0.3) is 5.91 Å². The number of halogens is 2. The minimum absolute atomic E-state index is 0.133. The van der Waals surface area contributed by atoms with Crippen LogP contribution in [-0.2, 0) is 4.79 Å². The predicted molar refractivity (Wildman–Crippen MR) is 99.9 cm³/mol. The quantitative estimate of drug-likeness (QED) is 0.751. The molecule has 0 saturated carbocycles. The van der Waals surface area contributed by atoms with Crippen molar-refractivity contribution in [2.24, 2.45) is 5.92 Å². The molecule has 0 aliphatic rings. The lowest BCUT2D eigenvalue weighted by Gasteiger charge is -2.22. The Morgan fingerprint density at radius 1 is 1.24 bits per heavy atom. The van der Waals surface area contributed by atoms with Crippen molar-refractivity contribution >= 4 is 40.5 Å². The number of nitrogens with one attached hydrogen (secondary N) is 1. The maximum Gasteiger partial charge on any atom is 0.265 e. The normalized spacial score (nSPS) is 11.7. The second kappa shape index (κ2) is 8.11. The first-order valence-corrected chi connectivity index (χ1v) is 8.30. The highest BCUT2D eigenvalue weighted by atomic mass is 35.5. The number of nitrogen functional groups attached to an aromatic ring is 1. The van der Waals surface area contributed by atoms with Crippen LogP contribution in [0, 0.1) is 17.2 Å². The molecule has 0 radical (unpaired) electrons. The zero-order chi connectivity index (χ0) is 18.6. The Hall–Kier alpha value is -2.42. The van der Waals surface area contributed by atoms with Crippen molar-refractivity contribution in [3.8, 4) is 11.8 Å². The van der Waals surface area contributed by atoms with E-state index in [1.807, 2.05) is 19.9 Å². The molecule has 1 amide bonds. The van der Waals surface area contributed by atoms with Crippen LogP contribution in [0.5, 0.6) is 5.75 Å². The molecule has 0 fully saturated rings. The Morgan fingerprint density at radius 3 is 2.40 bits per heavy atom. The van der Waals surface area contributed by atoms with E-state index in [-0.39, 0.29) is 27.6 Å². The van der Waals surface area contributed by atoms with Gasteiger partial charge in [-0.1, -0.05) is 49.2 Å². The number of nitrogens with two attached hydrogens (primary N) is 1. The van der Waals surface area contributed by atoms with Crippen LogP contribution < -0.4 is 15.8 Å². The molecule has 25 heavy (non-hydrogen) atoms. The van der Waals surface area contributed by atoms with E-state index in [4.69, 9.17) is 38.9 Å². The molecular formula is C18H17Cl2N3O2. The molecule has 2 rings (SSSR count). The van der Waals surface area contributed by atoms with Crippen LogP contribution in [-0.4, -0.2) is 12.0 Å². The summed E-state index contributed by atoms with van der Waals surface area (Å²) >= 11 is 12.0. The van der Waals surface area contributed by atoms with Crippen LogP contribution in [0.25, 0.3) is 0 Å². The van der Waals surface area contributed by atoms with Gasteiger partial charge in [0.2, 0.25) is 0 Å². The Labute approximate surface area is 156 Å². The van der Waals surface area contributed by atoms with E-state index < -0.39 is 6.10 Å². The summed E-state index contributed by atoms with van der Waals surface area (Å²) in [7, 11) is 0. The standard InChI is InChI=1S/C18H17Cl2N3O2/c1-10(2)17(25-15-6-4-3-5-11(15)9-21)18(24)23-12-7-13(19)16(22)14(20)8-12/h3-8,10,17H,22H2,1-2H3,(H,23,24). The molecule has 0 heterocycles. The maximum atomic E-state index is 12.6. The Kier molecular flexibility index (Phi) is 6.13. The van der Waals surface area contributed by atoms with E-state index in [0.29, 0.717) is 17.0 Å². The first-order valence-electron chi connectivity index (χ1n) is 7.54. The SMILES string of the molecule is CC(C)C(Oc1ccccc1C#N)C(=O)Nc1cc(Cl)c(N)c(Cl)c1. The lowest BCUT2D eigenvalue weighted by atomic mass is 10.1. The summed E-state index contributed by atoms with van der Waals surface area (Å²) in [6.45, 7) is 3.70. The minimum Gasteiger partial charge on any atom is -0.479 e. The summed E-state index contributed by atoms with van der Waals surface area (Å²) in [5.74, 6) is -0.154. The molecular weight excluding hydrogens is 361 g/mol. The highest BCUT2D eigenvalue weighted by Crippen LogP contribution is 2.31. The van der Waals surface area contributed by atoms with Gasteiger partial charge in [-0.25, -0.2) is 0 Å². The number of hydrogen-bond acceptors (Lipinski definition) is 4. The highest BCUT2D eigenvalue weighted by Gasteiger charge is 2.25. The van der Waals surface area contributed by atoms with E-state index in [1.165, 1.54) is 12.1 Å². The number of para-hydroxylation sites is 1. The van der Waals surface area contributed by atoms with Crippen LogP contribution in [0.15, 0.2) is 36.4 Å². The fraction of sp³-hybridized carbons (Fsp3) is 0.222. The summed E-state index contributed by atoms with van der Waals surface area (Å²) in [6.07, 6.45) is -0.801. The number of rotatable bonds is 5. The predicted octanol–water partition coefficient (Wildman–Crippen LogP) is 4.49. The first kappa shape index (κ1) is 18.9. The number of amides is 1. The van der Waals surface area contributed by atoms with Crippen molar-refractivity contribution in [1.29, 1.82) is 5.26 Å². The van der Waals surface area contributed by atoms with Crippen LogP contribution in [0.2, 0.25) is 10.0 Å². The van der Waals surface area contributed by atoms with Gasteiger partial charge >= 0.3 is 0 Å². The molecule has 0 saturated heterocycles. The monoisotopic (exact) mass is 377 g/mol. The summed E-state index contributed by atoms with van der Waals surface area (Å²) < 4.78 is 5.79. The van der Waals surface area contributed by atoms with Gasteiger partial charge in [-0.15, -0.1) is 0 Å². The average Bonchev–Trinajstić information content (AvgIpc) is 2.57. The minimum atomic E-state index is -0.801. The number of carbonyl (C=O) groups is 1. The van der Waals surface area contributed by atoms with Crippen molar-refractivity contribution in [1.82, 2.24) is 0 Å². The largest absolute Gasteiger partial charge is 0.479 e. The van der Waals surface area contributed by atoms with Gasteiger partial charge in [-0.2, -0.15) is 5.26 Å². The van der Waals surface area contributed by atoms with Gasteiger partial charge in [-0.3, -0.25) is 4.79 Å². The number of anilines is 2. The molecule has 0 aliphatic carbocycles. The van der Waals surface area contributed by atoms with Crippen molar-refractivity contribution < 1.29 is 9.53 Å². The molecule has 0 bridgehead atoms. The van der Waals surface area contributed by atoms with Gasteiger partial charge in [0.15, 0.2) is 6.10 Å². The fourth-order valence-electron chi connectivity index (χ4n) is 2.16. The molecule has 1 atom stereocenters. The summed E-state index contributed by atoms with van der Waals surface area (Å²) in [6, 6.07) is 11.8. The average molecular weight is 378 g/mol. The number of ether oxygens (including phenoxy) is 1. The third-order valence-electron chi connectivity index (χ3n) is 3.47. The number of carbonyl (C=O) groups excluding carboxylic acids is 1. The molecule has 3 N–H and O–H groups in total. The Bertz CT molecular complexity index is 808. The smallest absolute Gasteiger partial charge is 0.265 e. The zero-order valence-corrected chi connectivity index (χ0v) is 15.2. The molecule has 0 aromatic heterocycles. The van der Waals surface area contributed by atoms with Gasteiger partial charge in [-0.05, 0) is 30.2 Å². The van der Waals surface area contributed by atoms with Crippen LogP contribution in [0.4, 0.5) is 11.4 Å². The number of hydrogen-bond donors (Lipinski definition) is 2. The van der Waals surface area contributed by atoms with E-state index in [9.17, 15) is 4.79 Å². The molecule has 2 aromatic carbocycles. The van der Waals surface area contributed by atoms with Gasteiger partial charge in [0.1, 0.15) is 11.8 Å². The van der Waals surface area contributed by atoms with Crippen LogP contribution in [0.1, 0.15) is 19.4 Å². The van der Waals surface area contributed by atoms with Crippen molar-refractivity contribution in [2.45, 2.75) is 20.0 Å². The topological polar surface area (TPSA) is 88.1 Å². The van der Waals surface area contributed by atoms with Crippen molar-refractivity contribution in [3.05, 3.63) is 52.0 Å². The van der Waals surface area contributed by atoms with Crippen LogP contribution >= 0.6 is 23.2 Å². The van der Waals surface area contributed by atoms with Gasteiger partial charge in [0.05, 0.1) is 21.3 Å². The van der Waals surface area contributed by atoms with E-state index >= 15 is 0 Å². The fourth-order valence-corrected chi connectivity index (χ4v) is 2.65. The van der Waals surface area contributed by atoms with Gasteiger partial charge < -0.3 is 15.8 Å². The molecule has 5 nitrogen and oxygen atoms in total. The van der Waals surface area contributed by atoms with E-state index in [1.54, 1.807) is 24.3 Å². The lowest BCUT2D eigenvalue weighted by Crippen LogP contribution is -2.37. The molecule has 0 spiro atoms. The summed E-state index contributed by atoms with van der Waals surface area (Å²) in [5.41, 5.74) is 6.72. The second-order valence-corrected chi connectivity index (χ2v) is 6.55. The van der Waals surface area contributed by atoms with E-state index in [0.717, 1.165) is 0 Å². The van der Waals surface area contributed by atoms with Gasteiger partial charge in [0, 0.05) is 5.69 Å². The third kappa shape index (κ3) is 4.56. The molecule has 0 aliphatic heterocycles. The third-order valence-corrected chi connectivity index (χ3v) is 4.10. The molecule has 1 unspecified atom stereocenters. The van der Waals surface area contributed by atoms with Crippen molar-refractivity contribution in [3.63, 3.8) is 0 Å². The Morgan fingerprint density at radius 2 is 1.84 bits per heavy atom. The maximum absolute atomic E-state index is 12.6. The Balaban J connectivity index is 2.23. The van der Waals surface area contributed by atoms with Crippen molar-refractivity contribution in [2.75, 3.05) is 11.1 Å². The summed E-state index contributed by atoms with van der Waals surface area (Å²) in [5, 5.41) is 12.4. The highest BCUT2D eigenvalue weighted by molar-refractivity contribution is 6.39. The molecule has 130 valence electrons. The number of nitrogens with zero attached hydrogens (tertiary/aromatic N) is 1. The molecule has 2 aromatic rings. The second-order valence-electron chi connectivity index (χ2n) is 5.73. The zero-order valence-electron chi connectivity index (χ0n) is 13.7. The summed E-state index contributed by atoms with van der Waals surface area (Å²) in [4.78, 5) is 12.6. The first-order chi connectivity index (χ1) is 11.8. The number of benzene rings is 2. The van der Waals surface area contributed by atoms with Crippen LogP contribution in [0.3, 0.4) is 0 Å². The molecule has 7 heteroatoms. The lowest BCUT2D eigenvalue weighted by molar-refractivity contribution is -0.124. The number of nitriles is 1.